The highest BCUT2D eigenvalue weighted by Crippen LogP contribution is 2.19. The number of hydrogen-bond acceptors (Lipinski definition) is 5. The number of nitrogens with one attached hydrogen (secondary N) is 1. The summed E-state index contributed by atoms with van der Waals surface area (Å²) in [5.41, 5.74) is 2.19. The molecule has 2 aromatic rings. The molecule has 146 valence electrons. The fourth-order valence-electron chi connectivity index (χ4n) is 3.15. The molecule has 1 aliphatic heterocycles. The van der Waals surface area contributed by atoms with E-state index in [4.69, 9.17) is 4.74 Å². The van der Waals surface area contributed by atoms with E-state index in [0.717, 1.165) is 19.6 Å². The molecule has 1 fully saturated rings. The number of rotatable bonds is 7. The molecule has 7 heteroatoms. The van der Waals surface area contributed by atoms with Crippen LogP contribution in [0.1, 0.15) is 36.6 Å². The van der Waals surface area contributed by atoms with Crippen LogP contribution in [0.25, 0.3) is 0 Å². The van der Waals surface area contributed by atoms with Crippen LogP contribution in [0.4, 0.5) is 5.69 Å². The summed E-state index contributed by atoms with van der Waals surface area (Å²) >= 11 is 0. The van der Waals surface area contributed by atoms with Crippen LogP contribution in [0, 0.1) is 0 Å². The molecule has 0 saturated carbocycles. The van der Waals surface area contributed by atoms with Gasteiger partial charge in [0.15, 0.2) is 0 Å². The number of aromatic carboxylic acids is 1. The minimum atomic E-state index is -0.992. The van der Waals surface area contributed by atoms with Gasteiger partial charge in [-0.1, -0.05) is 12.1 Å². The molecule has 7 nitrogen and oxygen atoms in total. The molecule has 2 N–H and O–H groups in total. The van der Waals surface area contributed by atoms with Crippen molar-refractivity contribution < 1.29 is 24.2 Å². The number of benzene rings is 2. The number of carbonyl (C=O) groups is 3. The highest BCUT2D eigenvalue weighted by Gasteiger charge is 2.15. The molecule has 1 aliphatic rings. The second-order valence-corrected chi connectivity index (χ2v) is 6.58. The summed E-state index contributed by atoms with van der Waals surface area (Å²) < 4.78 is 5.33. The first kappa shape index (κ1) is 19.7. The molecule has 0 spiro atoms. The molecule has 28 heavy (non-hydrogen) atoms. The van der Waals surface area contributed by atoms with Crippen LogP contribution in [0.5, 0.6) is 0 Å². The lowest BCUT2D eigenvalue weighted by atomic mass is 10.0. The molecule has 0 unspecified atom stereocenters. The Morgan fingerprint density at radius 2 is 1.93 bits per heavy atom. The highest BCUT2D eigenvalue weighted by molar-refractivity contribution is 6.05. The molecule has 0 radical (unpaired) electrons. The van der Waals surface area contributed by atoms with Gasteiger partial charge in [-0.2, -0.15) is 0 Å². The van der Waals surface area contributed by atoms with Crippen LogP contribution in [-0.2, 0) is 11.2 Å². The Kier molecular flexibility index (Phi) is 6.52. The maximum Gasteiger partial charge on any atom is 0.335 e. The number of carboxylic acids is 1. The number of nitrogens with zero attached hydrogens (tertiary/aromatic N) is 1. The standard InChI is InChI=1S/C21H22N2O5/c24-14-15-2-1-3-17(12-15)20(25)22-18-4-5-19(21(26)27)16(13-18)6-7-23-8-10-28-11-9-23/h1-5,12-14H,6-11H2,(H,22,25)(H,26,27). The predicted molar refractivity (Wildman–Crippen MR) is 104 cm³/mol. The van der Waals surface area contributed by atoms with Crippen molar-refractivity contribution in [2.75, 3.05) is 38.2 Å². The lowest BCUT2D eigenvalue weighted by molar-refractivity contribution is 0.0383. The first-order chi connectivity index (χ1) is 13.6. The van der Waals surface area contributed by atoms with Crippen molar-refractivity contribution >= 4 is 23.9 Å². The van der Waals surface area contributed by atoms with Crippen LogP contribution in [0.2, 0.25) is 0 Å². The molecule has 0 aliphatic carbocycles. The van der Waals surface area contributed by atoms with Gasteiger partial charge in [0.1, 0.15) is 6.29 Å². The molecule has 1 heterocycles. The summed E-state index contributed by atoms with van der Waals surface area (Å²) in [6, 6.07) is 11.2. The van der Waals surface area contributed by atoms with Crippen LogP contribution < -0.4 is 5.32 Å². The van der Waals surface area contributed by atoms with Crippen molar-refractivity contribution in [3.8, 4) is 0 Å². The Bertz CT molecular complexity index is 875. The number of hydrogen-bond donors (Lipinski definition) is 2. The zero-order valence-corrected chi connectivity index (χ0v) is 15.4. The first-order valence-electron chi connectivity index (χ1n) is 9.10. The molecule has 3 rings (SSSR count). The summed E-state index contributed by atoms with van der Waals surface area (Å²) in [7, 11) is 0. The van der Waals surface area contributed by atoms with Gasteiger partial charge in [-0.25, -0.2) is 4.79 Å². The molecule has 1 amide bonds. The van der Waals surface area contributed by atoms with Crippen molar-refractivity contribution in [3.63, 3.8) is 0 Å². The second kappa shape index (κ2) is 9.25. The van der Waals surface area contributed by atoms with E-state index in [1.165, 1.54) is 12.1 Å². The predicted octanol–water partition coefficient (Wildman–Crippen LogP) is 2.32. The Hall–Kier alpha value is -3.03. The summed E-state index contributed by atoms with van der Waals surface area (Å²) in [6.45, 7) is 3.74. The zero-order chi connectivity index (χ0) is 19.9. The van der Waals surface area contributed by atoms with E-state index < -0.39 is 5.97 Å². The SMILES string of the molecule is O=Cc1cccc(C(=O)Nc2ccc(C(=O)O)c(CCN3CCOCC3)c2)c1. The molecule has 0 bridgehead atoms. The lowest BCUT2D eigenvalue weighted by Crippen LogP contribution is -2.37. The lowest BCUT2D eigenvalue weighted by Gasteiger charge is -2.26. The fourth-order valence-corrected chi connectivity index (χ4v) is 3.15. The third kappa shape index (κ3) is 5.03. The monoisotopic (exact) mass is 382 g/mol. The van der Waals surface area contributed by atoms with Gasteiger partial charge < -0.3 is 15.2 Å². The van der Waals surface area contributed by atoms with Gasteiger partial charge in [0.05, 0.1) is 18.8 Å². The van der Waals surface area contributed by atoms with Gasteiger partial charge >= 0.3 is 5.97 Å². The van der Waals surface area contributed by atoms with Gasteiger partial charge in [-0.3, -0.25) is 14.5 Å². The quantitative estimate of drug-likeness (QED) is 0.714. The first-order valence-corrected chi connectivity index (χ1v) is 9.10. The Labute approximate surface area is 162 Å². The van der Waals surface area contributed by atoms with Crippen molar-refractivity contribution in [1.29, 1.82) is 0 Å². The summed E-state index contributed by atoms with van der Waals surface area (Å²) in [6.07, 6.45) is 1.24. The number of carbonyl (C=O) groups excluding carboxylic acids is 2. The number of ether oxygens (including phenoxy) is 1. The Balaban J connectivity index is 1.74. The highest BCUT2D eigenvalue weighted by atomic mass is 16.5. The van der Waals surface area contributed by atoms with Crippen LogP contribution >= 0.6 is 0 Å². The van der Waals surface area contributed by atoms with E-state index in [2.05, 4.69) is 10.2 Å². The number of aldehydes is 1. The smallest absolute Gasteiger partial charge is 0.335 e. The molecule has 0 aromatic heterocycles. The normalized spacial score (nSPS) is 14.4. The van der Waals surface area contributed by atoms with Gasteiger partial charge in [0.25, 0.3) is 5.91 Å². The van der Waals surface area contributed by atoms with E-state index in [9.17, 15) is 19.5 Å². The minimum Gasteiger partial charge on any atom is -0.478 e. The Morgan fingerprint density at radius 1 is 1.14 bits per heavy atom. The number of amides is 1. The third-order valence-electron chi connectivity index (χ3n) is 4.68. The van der Waals surface area contributed by atoms with Crippen LogP contribution in [0.3, 0.4) is 0 Å². The van der Waals surface area contributed by atoms with Crippen molar-refractivity contribution in [2.24, 2.45) is 0 Å². The van der Waals surface area contributed by atoms with E-state index in [0.29, 0.717) is 48.3 Å². The van der Waals surface area contributed by atoms with Gasteiger partial charge in [-0.05, 0) is 42.3 Å². The van der Waals surface area contributed by atoms with Gasteiger partial charge in [0.2, 0.25) is 0 Å². The van der Waals surface area contributed by atoms with Gasteiger partial charge in [-0.15, -0.1) is 0 Å². The molecule has 1 saturated heterocycles. The third-order valence-corrected chi connectivity index (χ3v) is 4.68. The Morgan fingerprint density at radius 3 is 2.64 bits per heavy atom. The van der Waals surface area contributed by atoms with E-state index in [1.807, 2.05) is 0 Å². The van der Waals surface area contributed by atoms with Crippen LogP contribution in [-0.4, -0.2) is 61.0 Å². The van der Waals surface area contributed by atoms with E-state index >= 15 is 0 Å². The van der Waals surface area contributed by atoms with Crippen molar-refractivity contribution in [1.82, 2.24) is 4.90 Å². The largest absolute Gasteiger partial charge is 0.478 e. The van der Waals surface area contributed by atoms with Crippen molar-refractivity contribution in [3.05, 3.63) is 64.7 Å². The zero-order valence-electron chi connectivity index (χ0n) is 15.4. The molecule has 0 atom stereocenters. The topological polar surface area (TPSA) is 95.9 Å². The molecular weight excluding hydrogens is 360 g/mol. The summed E-state index contributed by atoms with van der Waals surface area (Å²) in [5, 5.41) is 12.2. The maximum atomic E-state index is 12.5. The van der Waals surface area contributed by atoms with Crippen molar-refractivity contribution in [2.45, 2.75) is 6.42 Å². The maximum absolute atomic E-state index is 12.5. The van der Waals surface area contributed by atoms with Gasteiger partial charge in [0, 0.05) is 36.4 Å². The number of anilines is 1. The summed E-state index contributed by atoms with van der Waals surface area (Å²) in [5.74, 6) is -1.35. The average Bonchev–Trinajstić information content (AvgIpc) is 2.73. The molecule has 2 aromatic carbocycles. The van der Waals surface area contributed by atoms with E-state index in [-0.39, 0.29) is 11.5 Å². The second-order valence-electron chi connectivity index (χ2n) is 6.58. The van der Waals surface area contributed by atoms with E-state index in [1.54, 1.807) is 30.3 Å². The molecular formula is C21H22N2O5. The fraction of sp³-hybridized carbons (Fsp3) is 0.286. The average molecular weight is 382 g/mol. The summed E-state index contributed by atoms with van der Waals surface area (Å²) in [4.78, 5) is 37.1. The number of morpholine rings is 1. The number of carboxylic acid groups (broad SMARTS) is 1. The van der Waals surface area contributed by atoms with Crippen LogP contribution in [0.15, 0.2) is 42.5 Å². The minimum absolute atomic E-state index is 0.231.